The van der Waals surface area contributed by atoms with E-state index in [4.69, 9.17) is 9.47 Å². The first-order valence-electron chi connectivity index (χ1n) is 7.15. The zero-order valence-electron chi connectivity index (χ0n) is 11.8. The molecule has 1 atom stereocenters. The molecule has 2 aromatic rings. The Balaban J connectivity index is 1.72. The van der Waals surface area contributed by atoms with Gasteiger partial charge in [-0.2, -0.15) is 0 Å². The highest BCUT2D eigenvalue weighted by atomic mass is 16.6. The van der Waals surface area contributed by atoms with Crippen LogP contribution >= 0.6 is 0 Å². The number of aliphatic hydroxyl groups is 1. The molecule has 0 bridgehead atoms. The van der Waals surface area contributed by atoms with Gasteiger partial charge < -0.3 is 19.9 Å². The molecule has 0 fully saturated rings. The summed E-state index contributed by atoms with van der Waals surface area (Å²) in [6.45, 7) is 1.84. The van der Waals surface area contributed by atoms with Gasteiger partial charge in [-0.25, -0.2) is 0 Å². The van der Waals surface area contributed by atoms with Crippen LogP contribution in [0.5, 0.6) is 11.5 Å². The summed E-state index contributed by atoms with van der Waals surface area (Å²) in [6, 6.07) is 15.7. The van der Waals surface area contributed by atoms with Crippen LogP contribution in [-0.4, -0.2) is 24.9 Å². The largest absolute Gasteiger partial charge is 0.486 e. The van der Waals surface area contributed by atoms with Crippen molar-refractivity contribution in [3.05, 3.63) is 59.7 Å². The van der Waals surface area contributed by atoms with Crippen LogP contribution in [0, 0.1) is 0 Å². The number of ether oxygens (including phenoxy) is 2. The van der Waals surface area contributed by atoms with E-state index in [2.05, 4.69) is 5.32 Å². The van der Waals surface area contributed by atoms with E-state index in [-0.39, 0.29) is 12.6 Å². The van der Waals surface area contributed by atoms with E-state index in [0.29, 0.717) is 19.8 Å². The topological polar surface area (TPSA) is 50.7 Å². The summed E-state index contributed by atoms with van der Waals surface area (Å²) >= 11 is 0. The van der Waals surface area contributed by atoms with Crippen LogP contribution in [-0.2, 0) is 6.54 Å². The Morgan fingerprint density at radius 2 is 1.81 bits per heavy atom. The van der Waals surface area contributed by atoms with Crippen molar-refractivity contribution in [2.24, 2.45) is 0 Å². The molecule has 1 unspecified atom stereocenters. The standard InChI is InChI=1S/C17H19NO3/c19-12-15(13-5-2-1-3-6-13)18-11-14-7-4-8-16-17(14)21-10-9-20-16/h1-8,15,18-19H,9-12H2. The van der Waals surface area contributed by atoms with E-state index in [1.54, 1.807) is 0 Å². The first-order valence-corrected chi connectivity index (χ1v) is 7.15. The minimum Gasteiger partial charge on any atom is -0.486 e. The highest BCUT2D eigenvalue weighted by molar-refractivity contribution is 5.47. The molecule has 2 N–H and O–H groups in total. The molecule has 1 aliphatic rings. The predicted molar refractivity (Wildman–Crippen MR) is 80.5 cm³/mol. The van der Waals surface area contributed by atoms with Gasteiger partial charge in [0.05, 0.1) is 12.6 Å². The van der Waals surface area contributed by atoms with E-state index in [1.807, 2.05) is 48.5 Å². The fourth-order valence-corrected chi connectivity index (χ4v) is 2.48. The van der Waals surface area contributed by atoms with Crippen molar-refractivity contribution >= 4 is 0 Å². The number of hydrogen-bond donors (Lipinski definition) is 2. The quantitative estimate of drug-likeness (QED) is 0.885. The molecule has 0 saturated carbocycles. The van der Waals surface area contributed by atoms with Gasteiger partial charge in [-0.15, -0.1) is 0 Å². The van der Waals surface area contributed by atoms with E-state index in [0.717, 1.165) is 22.6 Å². The van der Waals surface area contributed by atoms with E-state index in [9.17, 15) is 5.11 Å². The summed E-state index contributed by atoms with van der Waals surface area (Å²) in [5.41, 5.74) is 2.11. The Morgan fingerprint density at radius 3 is 2.62 bits per heavy atom. The second-order valence-corrected chi connectivity index (χ2v) is 4.97. The van der Waals surface area contributed by atoms with Crippen LogP contribution in [0.25, 0.3) is 0 Å². The van der Waals surface area contributed by atoms with Crippen LogP contribution in [0.3, 0.4) is 0 Å². The molecule has 4 heteroatoms. The minimum absolute atomic E-state index is 0.0520. The molecule has 21 heavy (non-hydrogen) atoms. The molecule has 3 rings (SSSR count). The Kier molecular flexibility index (Phi) is 4.38. The maximum atomic E-state index is 9.58. The number of hydrogen-bond acceptors (Lipinski definition) is 4. The molecule has 1 aliphatic heterocycles. The summed E-state index contributed by atoms with van der Waals surface area (Å²) in [7, 11) is 0. The van der Waals surface area contributed by atoms with Crippen LogP contribution in [0.4, 0.5) is 0 Å². The Hall–Kier alpha value is -2.04. The summed E-state index contributed by atoms with van der Waals surface area (Å²) in [5, 5.41) is 12.9. The van der Waals surface area contributed by atoms with Gasteiger partial charge in [0.1, 0.15) is 13.2 Å². The fourth-order valence-electron chi connectivity index (χ4n) is 2.48. The van der Waals surface area contributed by atoms with Gasteiger partial charge in [0.25, 0.3) is 0 Å². The first kappa shape index (κ1) is 13.9. The molecule has 4 nitrogen and oxygen atoms in total. The van der Waals surface area contributed by atoms with Gasteiger partial charge in [0, 0.05) is 12.1 Å². The van der Waals surface area contributed by atoms with Gasteiger partial charge >= 0.3 is 0 Å². The van der Waals surface area contributed by atoms with Crippen molar-refractivity contribution in [3.63, 3.8) is 0 Å². The van der Waals surface area contributed by atoms with Gasteiger partial charge in [-0.1, -0.05) is 42.5 Å². The zero-order valence-corrected chi connectivity index (χ0v) is 11.8. The molecule has 0 aliphatic carbocycles. The summed E-state index contributed by atoms with van der Waals surface area (Å²) in [6.07, 6.45) is 0. The lowest BCUT2D eigenvalue weighted by Crippen LogP contribution is -2.25. The molecule has 2 aromatic carbocycles. The smallest absolute Gasteiger partial charge is 0.165 e. The monoisotopic (exact) mass is 285 g/mol. The summed E-state index contributed by atoms with van der Waals surface area (Å²) in [4.78, 5) is 0. The molecule has 0 amide bonds. The number of para-hydroxylation sites is 1. The molecular formula is C17H19NO3. The lowest BCUT2D eigenvalue weighted by Gasteiger charge is -2.22. The number of benzene rings is 2. The van der Waals surface area contributed by atoms with Gasteiger partial charge in [-0.05, 0) is 11.6 Å². The molecule has 1 heterocycles. The second kappa shape index (κ2) is 6.61. The highest BCUT2D eigenvalue weighted by Crippen LogP contribution is 2.33. The predicted octanol–water partition coefficient (Wildman–Crippen LogP) is 2.28. The second-order valence-electron chi connectivity index (χ2n) is 4.97. The molecular weight excluding hydrogens is 266 g/mol. The molecule has 0 aromatic heterocycles. The minimum atomic E-state index is -0.0911. The number of rotatable bonds is 5. The molecule has 0 spiro atoms. The van der Waals surface area contributed by atoms with E-state index in [1.165, 1.54) is 0 Å². The fraction of sp³-hybridized carbons (Fsp3) is 0.294. The maximum Gasteiger partial charge on any atom is 0.165 e. The SMILES string of the molecule is OCC(NCc1cccc2c1OCCO2)c1ccccc1. The van der Waals surface area contributed by atoms with Gasteiger partial charge in [-0.3, -0.25) is 0 Å². The Morgan fingerprint density at radius 1 is 1.00 bits per heavy atom. The molecule has 0 radical (unpaired) electrons. The Bertz CT molecular complexity index is 586. The van der Waals surface area contributed by atoms with Gasteiger partial charge in [0.2, 0.25) is 0 Å². The van der Waals surface area contributed by atoms with Gasteiger partial charge in [0.15, 0.2) is 11.5 Å². The van der Waals surface area contributed by atoms with Crippen molar-refractivity contribution in [1.29, 1.82) is 0 Å². The lowest BCUT2D eigenvalue weighted by atomic mass is 10.1. The van der Waals surface area contributed by atoms with Crippen molar-refractivity contribution in [3.8, 4) is 11.5 Å². The lowest BCUT2D eigenvalue weighted by molar-refractivity contribution is 0.169. The van der Waals surface area contributed by atoms with Crippen LogP contribution in [0.1, 0.15) is 17.2 Å². The average Bonchev–Trinajstić information content (AvgIpc) is 2.56. The van der Waals surface area contributed by atoms with Crippen LogP contribution < -0.4 is 14.8 Å². The molecule has 110 valence electrons. The highest BCUT2D eigenvalue weighted by Gasteiger charge is 2.16. The van der Waals surface area contributed by atoms with Crippen LogP contribution in [0.15, 0.2) is 48.5 Å². The van der Waals surface area contributed by atoms with Crippen molar-refractivity contribution in [1.82, 2.24) is 5.32 Å². The molecule has 0 saturated heterocycles. The third-order valence-electron chi connectivity index (χ3n) is 3.57. The number of nitrogens with one attached hydrogen (secondary N) is 1. The van der Waals surface area contributed by atoms with Crippen molar-refractivity contribution in [2.45, 2.75) is 12.6 Å². The zero-order chi connectivity index (χ0) is 14.5. The third kappa shape index (κ3) is 3.17. The average molecular weight is 285 g/mol. The Labute approximate surface area is 124 Å². The number of aliphatic hydroxyl groups excluding tert-OH is 1. The van der Waals surface area contributed by atoms with Crippen molar-refractivity contribution in [2.75, 3.05) is 19.8 Å². The number of fused-ring (bicyclic) bond motifs is 1. The van der Waals surface area contributed by atoms with Crippen LogP contribution in [0.2, 0.25) is 0 Å². The summed E-state index contributed by atoms with van der Waals surface area (Å²) < 4.78 is 11.3. The third-order valence-corrected chi connectivity index (χ3v) is 3.57. The summed E-state index contributed by atoms with van der Waals surface area (Å²) in [5.74, 6) is 1.60. The van der Waals surface area contributed by atoms with E-state index >= 15 is 0 Å². The van der Waals surface area contributed by atoms with Crippen molar-refractivity contribution < 1.29 is 14.6 Å². The maximum absolute atomic E-state index is 9.58. The first-order chi connectivity index (χ1) is 10.4. The van der Waals surface area contributed by atoms with E-state index < -0.39 is 0 Å². The normalized spacial score (nSPS) is 14.7.